The monoisotopic (exact) mass is 393 g/mol. The average molecular weight is 394 g/mol. The lowest BCUT2D eigenvalue weighted by molar-refractivity contribution is 0.342. The first kappa shape index (κ1) is 22.8. The zero-order valence-electron chi connectivity index (χ0n) is 17.8. The molecule has 0 atom stereocenters. The molecule has 5 nitrogen and oxygen atoms in total. The van der Waals surface area contributed by atoms with Crippen LogP contribution in [-0.2, 0) is 6.54 Å². The Morgan fingerprint density at radius 3 is 2.34 bits per heavy atom. The van der Waals surface area contributed by atoms with Crippen molar-refractivity contribution in [2.45, 2.75) is 37.8 Å². The second kappa shape index (κ2) is 11.5. The molecule has 2 aliphatic rings. The van der Waals surface area contributed by atoms with E-state index in [0.29, 0.717) is 0 Å². The van der Waals surface area contributed by atoms with Gasteiger partial charge >= 0.3 is 0 Å². The van der Waals surface area contributed by atoms with Crippen molar-refractivity contribution in [1.29, 1.82) is 0 Å². The third-order valence-electron chi connectivity index (χ3n) is 5.36. The van der Waals surface area contributed by atoms with Crippen molar-refractivity contribution in [3.8, 4) is 11.1 Å². The van der Waals surface area contributed by atoms with E-state index in [0.717, 1.165) is 13.1 Å². The molecule has 2 aromatic rings. The smallest absolute Gasteiger partial charge is 0.0861 e. The van der Waals surface area contributed by atoms with Gasteiger partial charge in [0.05, 0.1) is 11.9 Å². The van der Waals surface area contributed by atoms with Gasteiger partial charge in [-0.05, 0) is 49.2 Å². The lowest BCUT2D eigenvalue weighted by Gasteiger charge is -2.23. The quantitative estimate of drug-likeness (QED) is 0.545. The second-order valence-electron chi connectivity index (χ2n) is 7.36. The van der Waals surface area contributed by atoms with E-state index in [2.05, 4.69) is 83.4 Å². The van der Waals surface area contributed by atoms with Crippen molar-refractivity contribution in [3.05, 3.63) is 66.2 Å². The fourth-order valence-electron chi connectivity index (χ4n) is 4.04. The van der Waals surface area contributed by atoms with Crippen LogP contribution < -0.4 is 17.0 Å². The number of hydrazine groups is 1. The van der Waals surface area contributed by atoms with E-state index in [9.17, 15) is 0 Å². The summed E-state index contributed by atoms with van der Waals surface area (Å²) in [5, 5.41) is 0. The Morgan fingerprint density at radius 1 is 1.10 bits per heavy atom. The largest absolute Gasteiger partial charge is 0.356 e. The van der Waals surface area contributed by atoms with Gasteiger partial charge in [0.25, 0.3) is 0 Å². The minimum atomic E-state index is 0.239. The van der Waals surface area contributed by atoms with Crippen LogP contribution in [0.15, 0.2) is 60.1 Å². The number of nitrogens with zero attached hydrogens (tertiary/aromatic N) is 2. The second-order valence-corrected chi connectivity index (χ2v) is 7.36. The molecule has 5 heteroatoms. The lowest BCUT2D eigenvalue weighted by atomic mass is 9.98. The molecule has 1 aliphatic heterocycles. The first-order valence-electron chi connectivity index (χ1n) is 10.2. The SMILES string of the molecule is C=Cc1ccccc1-c1ccc(CN2C=NC3(CCCC3)C2)cc1.CN.CNN. The summed E-state index contributed by atoms with van der Waals surface area (Å²) in [4.78, 5) is 7.19. The van der Waals surface area contributed by atoms with Crippen molar-refractivity contribution in [3.63, 3.8) is 0 Å². The van der Waals surface area contributed by atoms with E-state index in [1.807, 2.05) is 6.08 Å². The van der Waals surface area contributed by atoms with Crippen LogP contribution in [0.25, 0.3) is 17.2 Å². The van der Waals surface area contributed by atoms with E-state index in [-0.39, 0.29) is 5.54 Å². The summed E-state index contributed by atoms with van der Waals surface area (Å²) in [5.74, 6) is 4.60. The highest BCUT2D eigenvalue weighted by molar-refractivity contribution is 5.74. The van der Waals surface area contributed by atoms with Gasteiger partial charge < -0.3 is 10.6 Å². The van der Waals surface area contributed by atoms with Crippen LogP contribution in [-0.4, -0.2) is 37.4 Å². The molecule has 0 amide bonds. The summed E-state index contributed by atoms with van der Waals surface area (Å²) in [7, 11) is 3.15. The molecule has 156 valence electrons. The summed E-state index contributed by atoms with van der Waals surface area (Å²) < 4.78 is 0. The van der Waals surface area contributed by atoms with Crippen LogP contribution in [0.3, 0.4) is 0 Å². The van der Waals surface area contributed by atoms with E-state index in [1.165, 1.54) is 55.0 Å². The molecule has 1 saturated carbocycles. The molecule has 0 radical (unpaired) electrons. The van der Waals surface area contributed by atoms with Gasteiger partial charge in [-0.3, -0.25) is 16.3 Å². The molecular weight excluding hydrogens is 358 g/mol. The predicted octanol–water partition coefficient (Wildman–Crippen LogP) is 3.81. The summed E-state index contributed by atoms with van der Waals surface area (Å²) >= 11 is 0. The summed E-state index contributed by atoms with van der Waals surface area (Å²) in [6.45, 7) is 5.96. The highest BCUT2D eigenvalue weighted by atomic mass is 15.2. The van der Waals surface area contributed by atoms with Crippen molar-refractivity contribution in [2.75, 3.05) is 20.6 Å². The standard InChI is InChI=1S/C22H24N2.CH6N2.CH5N/c1-2-19-7-3-4-8-21(19)20-11-9-18(10-12-20)15-24-16-22(23-17-24)13-5-6-14-22;1-3-2;1-2/h2-4,7-12,17H,1,5-6,13-16H2;3H,2H2,1H3;2H2,1H3. The molecular formula is C24H35N5. The number of hydrogen-bond acceptors (Lipinski definition) is 5. The summed E-state index contributed by atoms with van der Waals surface area (Å²) in [5.41, 5.74) is 12.0. The molecule has 0 aromatic heterocycles. The number of rotatable bonds is 4. The van der Waals surface area contributed by atoms with Gasteiger partial charge in [-0.2, -0.15) is 0 Å². The molecule has 1 heterocycles. The van der Waals surface area contributed by atoms with Crippen molar-refractivity contribution < 1.29 is 0 Å². The Kier molecular flexibility index (Phi) is 9.06. The van der Waals surface area contributed by atoms with Gasteiger partial charge in [-0.1, -0.05) is 74.0 Å². The lowest BCUT2D eigenvalue weighted by Crippen LogP contribution is -2.31. The number of nitrogens with two attached hydrogens (primary N) is 2. The summed E-state index contributed by atoms with van der Waals surface area (Å²) in [6.07, 6.45) is 9.19. The van der Waals surface area contributed by atoms with Crippen LogP contribution in [0.5, 0.6) is 0 Å². The molecule has 0 unspecified atom stereocenters. The Balaban J connectivity index is 0.000000551. The molecule has 0 bridgehead atoms. The molecule has 1 fully saturated rings. The van der Waals surface area contributed by atoms with Crippen molar-refractivity contribution in [2.24, 2.45) is 16.6 Å². The normalized spacial score (nSPS) is 16.1. The topological polar surface area (TPSA) is 79.7 Å². The van der Waals surface area contributed by atoms with E-state index < -0.39 is 0 Å². The molecule has 0 saturated heterocycles. The van der Waals surface area contributed by atoms with Crippen LogP contribution in [0, 0.1) is 0 Å². The Morgan fingerprint density at radius 2 is 1.72 bits per heavy atom. The Bertz CT molecular complexity index is 776. The highest BCUT2D eigenvalue weighted by Crippen LogP contribution is 2.36. The molecule has 1 spiro atoms. The average Bonchev–Trinajstić information content (AvgIpc) is 3.40. The van der Waals surface area contributed by atoms with Gasteiger partial charge in [-0.15, -0.1) is 0 Å². The minimum Gasteiger partial charge on any atom is -0.356 e. The third-order valence-corrected chi connectivity index (χ3v) is 5.36. The number of aliphatic imine (C=N–C) groups is 1. The third kappa shape index (κ3) is 6.00. The van der Waals surface area contributed by atoms with Gasteiger partial charge in [0.1, 0.15) is 0 Å². The predicted molar refractivity (Wildman–Crippen MR) is 125 cm³/mol. The maximum absolute atomic E-state index is 4.82. The Labute approximate surface area is 175 Å². The van der Waals surface area contributed by atoms with Crippen LogP contribution in [0.1, 0.15) is 36.8 Å². The van der Waals surface area contributed by atoms with Gasteiger partial charge in [0, 0.05) is 13.1 Å². The maximum Gasteiger partial charge on any atom is 0.0861 e. The minimum absolute atomic E-state index is 0.239. The summed E-state index contributed by atoms with van der Waals surface area (Å²) in [6, 6.07) is 17.3. The fourth-order valence-corrected chi connectivity index (χ4v) is 4.04. The van der Waals surface area contributed by atoms with Crippen LogP contribution >= 0.6 is 0 Å². The fraction of sp³-hybridized carbons (Fsp3) is 0.375. The van der Waals surface area contributed by atoms with Gasteiger partial charge in [0.15, 0.2) is 0 Å². The molecule has 1 aliphatic carbocycles. The zero-order chi connectivity index (χ0) is 21.1. The number of nitrogens with one attached hydrogen (secondary N) is 1. The first-order valence-corrected chi connectivity index (χ1v) is 10.2. The highest BCUT2D eigenvalue weighted by Gasteiger charge is 2.37. The molecule has 29 heavy (non-hydrogen) atoms. The van der Waals surface area contributed by atoms with Crippen molar-refractivity contribution in [1.82, 2.24) is 10.3 Å². The number of benzene rings is 2. The van der Waals surface area contributed by atoms with Gasteiger partial charge in [-0.25, -0.2) is 0 Å². The van der Waals surface area contributed by atoms with Gasteiger partial charge in [0.2, 0.25) is 0 Å². The van der Waals surface area contributed by atoms with Crippen LogP contribution in [0.2, 0.25) is 0 Å². The van der Waals surface area contributed by atoms with E-state index >= 15 is 0 Å². The van der Waals surface area contributed by atoms with E-state index in [1.54, 1.807) is 7.05 Å². The van der Waals surface area contributed by atoms with Crippen molar-refractivity contribution >= 4 is 12.4 Å². The molecule has 4 rings (SSSR count). The maximum atomic E-state index is 4.82. The van der Waals surface area contributed by atoms with Crippen LogP contribution in [0.4, 0.5) is 0 Å². The molecule has 5 N–H and O–H groups in total. The van der Waals surface area contributed by atoms with E-state index in [4.69, 9.17) is 4.99 Å². The zero-order valence-corrected chi connectivity index (χ0v) is 17.8. The molecule has 2 aromatic carbocycles. The number of hydrogen-bond donors (Lipinski definition) is 3. The Hall–Kier alpha value is -2.47. The first-order chi connectivity index (χ1) is 14.2.